The number of aromatic nitrogens is 2. The summed E-state index contributed by atoms with van der Waals surface area (Å²) in [4.78, 5) is 37.0. The largest absolute Gasteiger partial charge is 0.478 e. The second-order valence-corrected chi connectivity index (χ2v) is 11.8. The highest BCUT2D eigenvalue weighted by Gasteiger charge is 2.30. The molecular formula is C27H34N4O3S. The lowest BCUT2D eigenvalue weighted by molar-refractivity contribution is 0.0696. The minimum absolute atomic E-state index is 0.204. The molecule has 2 atom stereocenters. The van der Waals surface area contributed by atoms with Crippen molar-refractivity contribution in [1.82, 2.24) is 20.2 Å². The minimum Gasteiger partial charge on any atom is -0.478 e. The molecule has 0 saturated carbocycles. The number of fused-ring (bicyclic) bond motifs is 2. The highest BCUT2D eigenvalue weighted by Crippen LogP contribution is 2.38. The van der Waals surface area contributed by atoms with Crippen LogP contribution in [-0.2, 0) is 12.8 Å². The highest BCUT2D eigenvalue weighted by molar-refractivity contribution is 7.19. The van der Waals surface area contributed by atoms with Crippen molar-refractivity contribution in [2.24, 2.45) is 11.3 Å². The van der Waals surface area contributed by atoms with Gasteiger partial charge in [-0.05, 0) is 87.0 Å². The van der Waals surface area contributed by atoms with Gasteiger partial charge in [0.1, 0.15) is 10.3 Å². The van der Waals surface area contributed by atoms with Gasteiger partial charge in [-0.1, -0.05) is 44.2 Å². The van der Waals surface area contributed by atoms with Crippen LogP contribution in [0.2, 0.25) is 0 Å². The monoisotopic (exact) mass is 494 g/mol. The molecule has 1 amide bonds. The number of hydrogen-bond acceptors (Lipinski definition) is 6. The van der Waals surface area contributed by atoms with E-state index in [1.54, 1.807) is 18.2 Å². The number of benzene rings is 1. The van der Waals surface area contributed by atoms with E-state index in [0.717, 1.165) is 47.4 Å². The standard InChI is InChI=1S/C27H34N4O3S/c1-27(2,3)19-9-10-20-18(14-19)15-22-24(29-20)35-25(30-22)23(32)28-21(11-12-31(4)5)16-7-6-8-17(13-16)26(33)34/h6-8,13,15,19,21H,9-12,14H2,1-5H3,(H,28,32)(H,33,34)/t19-,21?/m0/s1. The van der Waals surface area contributed by atoms with Crippen molar-refractivity contribution >= 4 is 33.6 Å². The van der Waals surface area contributed by atoms with Crippen molar-refractivity contribution in [3.8, 4) is 0 Å². The van der Waals surface area contributed by atoms with Gasteiger partial charge in [-0.25, -0.2) is 14.8 Å². The Labute approximate surface area is 210 Å². The number of carbonyl (C=O) groups is 2. The van der Waals surface area contributed by atoms with E-state index in [1.165, 1.54) is 16.9 Å². The summed E-state index contributed by atoms with van der Waals surface area (Å²) in [6.07, 6.45) is 3.73. The van der Waals surface area contributed by atoms with Gasteiger partial charge in [-0.15, -0.1) is 0 Å². The zero-order valence-electron chi connectivity index (χ0n) is 21.1. The fourth-order valence-electron chi connectivity index (χ4n) is 4.67. The number of thiazole rings is 1. The molecule has 0 fully saturated rings. The highest BCUT2D eigenvalue weighted by atomic mass is 32.1. The number of carbonyl (C=O) groups excluding carboxylic acids is 1. The van der Waals surface area contributed by atoms with E-state index in [2.05, 4.69) is 37.1 Å². The Hall–Kier alpha value is -2.84. The molecule has 8 heteroatoms. The van der Waals surface area contributed by atoms with Crippen LogP contribution in [0.3, 0.4) is 0 Å². The molecule has 2 heterocycles. The SMILES string of the molecule is CN(C)CCC(NC(=O)c1nc2cc3c(nc2s1)CC[C@H](C(C)(C)C)C3)c1cccc(C(=O)O)c1. The summed E-state index contributed by atoms with van der Waals surface area (Å²) in [6.45, 7) is 7.61. The molecule has 2 N–H and O–H groups in total. The number of hydrogen-bond donors (Lipinski definition) is 2. The third-order valence-electron chi connectivity index (χ3n) is 6.87. The Bertz CT molecular complexity index is 1240. The van der Waals surface area contributed by atoms with E-state index in [-0.39, 0.29) is 22.9 Å². The number of nitrogens with one attached hydrogen (secondary N) is 1. The van der Waals surface area contributed by atoms with Gasteiger partial charge >= 0.3 is 5.97 Å². The van der Waals surface area contributed by atoms with Crippen molar-refractivity contribution in [2.75, 3.05) is 20.6 Å². The Morgan fingerprint density at radius 2 is 2.00 bits per heavy atom. The molecule has 0 bridgehead atoms. The van der Waals surface area contributed by atoms with Crippen molar-refractivity contribution in [3.05, 3.63) is 57.7 Å². The van der Waals surface area contributed by atoms with Gasteiger partial charge in [0.25, 0.3) is 5.91 Å². The topological polar surface area (TPSA) is 95.4 Å². The van der Waals surface area contributed by atoms with Crippen molar-refractivity contribution < 1.29 is 14.7 Å². The summed E-state index contributed by atoms with van der Waals surface area (Å²) < 4.78 is 0. The third-order valence-corrected chi connectivity index (χ3v) is 7.84. The molecule has 4 rings (SSSR count). The molecule has 1 unspecified atom stereocenters. The van der Waals surface area contributed by atoms with Gasteiger partial charge in [0.2, 0.25) is 0 Å². The predicted molar refractivity (Wildman–Crippen MR) is 139 cm³/mol. The van der Waals surface area contributed by atoms with E-state index in [1.807, 2.05) is 25.1 Å². The first-order chi connectivity index (χ1) is 16.5. The molecule has 7 nitrogen and oxygen atoms in total. The Morgan fingerprint density at radius 3 is 2.69 bits per heavy atom. The van der Waals surface area contributed by atoms with Gasteiger partial charge in [0, 0.05) is 5.69 Å². The van der Waals surface area contributed by atoms with Gasteiger partial charge < -0.3 is 15.3 Å². The van der Waals surface area contributed by atoms with Gasteiger partial charge in [0.15, 0.2) is 5.01 Å². The fraction of sp³-hybridized carbons (Fsp3) is 0.481. The lowest BCUT2D eigenvalue weighted by Gasteiger charge is -2.34. The van der Waals surface area contributed by atoms with Crippen LogP contribution in [0.15, 0.2) is 30.3 Å². The Kier molecular flexibility index (Phi) is 7.24. The summed E-state index contributed by atoms with van der Waals surface area (Å²) in [5.41, 5.74) is 4.36. The lowest BCUT2D eigenvalue weighted by atomic mass is 9.71. The predicted octanol–water partition coefficient (Wildman–Crippen LogP) is 4.96. The molecule has 186 valence electrons. The number of carboxylic acids is 1. The third kappa shape index (κ3) is 5.87. The van der Waals surface area contributed by atoms with Crippen LogP contribution in [0.4, 0.5) is 0 Å². The number of pyridine rings is 1. The second kappa shape index (κ2) is 10.0. The summed E-state index contributed by atoms with van der Waals surface area (Å²) in [5.74, 6) is -0.642. The number of aryl methyl sites for hydroxylation is 1. The maximum absolute atomic E-state index is 13.2. The summed E-state index contributed by atoms with van der Waals surface area (Å²) in [7, 11) is 3.94. The van der Waals surface area contributed by atoms with E-state index < -0.39 is 5.97 Å². The number of aromatic carboxylic acids is 1. The average Bonchev–Trinajstić information content (AvgIpc) is 3.22. The Balaban J connectivity index is 1.58. The van der Waals surface area contributed by atoms with E-state index in [0.29, 0.717) is 17.3 Å². The quantitative estimate of drug-likeness (QED) is 0.482. The first-order valence-corrected chi connectivity index (χ1v) is 12.9. The van der Waals surface area contributed by atoms with Gasteiger partial charge in [-0.2, -0.15) is 0 Å². The van der Waals surface area contributed by atoms with Crippen LogP contribution in [0.5, 0.6) is 0 Å². The zero-order chi connectivity index (χ0) is 25.3. The molecule has 35 heavy (non-hydrogen) atoms. The average molecular weight is 495 g/mol. The second-order valence-electron chi connectivity index (χ2n) is 10.8. The Morgan fingerprint density at radius 1 is 1.23 bits per heavy atom. The maximum Gasteiger partial charge on any atom is 0.335 e. The van der Waals surface area contributed by atoms with Crippen molar-refractivity contribution in [3.63, 3.8) is 0 Å². The van der Waals surface area contributed by atoms with Crippen LogP contribution in [0.1, 0.15) is 76.6 Å². The van der Waals surface area contributed by atoms with E-state index in [9.17, 15) is 14.7 Å². The molecule has 0 aliphatic heterocycles. The van der Waals surface area contributed by atoms with E-state index >= 15 is 0 Å². The van der Waals surface area contributed by atoms with Crippen molar-refractivity contribution in [1.29, 1.82) is 0 Å². The first kappa shape index (κ1) is 25.3. The molecular weight excluding hydrogens is 460 g/mol. The fourth-order valence-corrected chi connectivity index (χ4v) is 5.51. The molecule has 1 aromatic carbocycles. The van der Waals surface area contributed by atoms with Crippen LogP contribution < -0.4 is 5.32 Å². The van der Waals surface area contributed by atoms with Crippen LogP contribution in [0.25, 0.3) is 10.3 Å². The summed E-state index contributed by atoms with van der Waals surface area (Å²) >= 11 is 1.32. The molecule has 0 spiro atoms. The number of rotatable bonds is 7. The summed E-state index contributed by atoms with van der Waals surface area (Å²) in [6, 6.07) is 8.54. The minimum atomic E-state index is -0.987. The molecule has 2 aromatic heterocycles. The smallest absolute Gasteiger partial charge is 0.335 e. The molecule has 1 aliphatic carbocycles. The van der Waals surface area contributed by atoms with Crippen molar-refractivity contribution in [2.45, 2.75) is 52.5 Å². The number of nitrogens with zero attached hydrogens (tertiary/aromatic N) is 3. The molecule has 0 radical (unpaired) electrons. The van der Waals surface area contributed by atoms with Crippen LogP contribution in [-0.4, -0.2) is 52.5 Å². The molecule has 1 aliphatic rings. The van der Waals surface area contributed by atoms with Crippen LogP contribution >= 0.6 is 11.3 Å². The van der Waals surface area contributed by atoms with E-state index in [4.69, 9.17) is 4.98 Å². The molecule has 0 saturated heterocycles. The number of amides is 1. The lowest BCUT2D eigenvalue weighted by Crippen LogP contribution is -2.31. The molecule has 3 aromatic rings. The van der Waals surface area contributed by atoms with Gasteiger partial charge in [0.05, 0.1) is 11.6 Å². The first-order valence-electron chi connectivity index (χ1n) is 12.1. The summed E-state index contributed by atoms with van der Waals surface area (Å²) in [5, 5.41) is 12.9. The maximum atomic E-state index is 13.2. The normalized spacial score (nSPS) is 16.8. The van der Waals surface area contributed by atoms with Crippen LogP contribution in [0, 0.1) is 11.3 Å². The zero-order valence-corrected chi connectivity index (χ0v) is 21.9. The number of carboxylic acid groups (broad SMARTS) is 1. The van der Waals surface area contributed by atoms with Gasteiger partial charge in [-0.3, -0.25) is 4.79 Å².